The van der Waals surface area contributed by atoms with Gasteiger partial charge in [-0.25, -0.2) is 0 Å². The summed E-state index contributed by atoms with van der Waals surface area (Å²) in [6.07, 6.45) is 0. The van der Waals surface area contributed by atoms with Crippen LogP contribution in [0.25, 0.3) is 0 Å². The molecule has 0 unspecified atom stereocenters. The van der Waals surface area contributed by atoms with Crippen LogP contribution < -0.4 is 28.4 Å². The second-order valence-electron chi connectivity index (χ2n) is 9.26. The molecule has 200 valence electrons. The third kappa shape index (κ3) is 4.65. The van der Waals surface area contributed by atoms with Gasteiger partial charge in [-0.1, -0.05) is 18.2 Å². The number of hydrogen-bond acceptors (Lipinski definition) is 8. The lowest BCUT2D eigenvalue weighted by Crippen LogP contribution is -2.28. The van der Waals surface area contributed by atoms with Gasteiger partial charge in [-0.3, -0.25) is 9.69 Å². The van der Waals surface area contributed by atoms with Crippen LogP contribution in [0.3, 0.4) is 0 Å². The first-order valence-electron chi connectivity index (χ1n) is 12.3. The third-order valence-corrected chi connectivity index (χ3v) is 7.28. The first-order valence-corrected chi connectivity index (χ1v) is 12.3. The highest BCUT2D eigenvalue weighted by molar-refractivity contribution is 5.74. The first-order chi connectivity index (χ1) is 18.5. The van der Waals surface area contributed by atoms with E-state index in [1.165, 1.54) is 0 Å². The summed E-state index contributed by atoms with van der Waals surface area (Å²) < 4.78 is 33.0. The van der Waals surface area contributed by atoms with Crippen LogP contribution >= 0.6 is 0 Å². The van der Waals surface area contributed by atoms with Gasteiger partial charge in [0.1, 0.15) is 5.75 Å². The number of ether oxygens (including phenoxy) is 6. The maximum Gasteiger partial charge on any atom is 0.309 e. The molecule has 2 heterocycles. The van der Waals surface area contributed by atoms with Crippen LogP contribution in [-0.2, 0) is 11.3 Å². The molecule has 1 N–H and O–H groups in total. The Morgan fingerprint density at radius 2 is 1.53 bits per heavy atom. The molecule has 0 spiro atoms. The van der Waals surface area contributed by atoms with Crippen molar-refractivity contribution in [1.29, 1.82) is 0 Å². The Morgan fingerprint density at radius 1 is 0.868 bits per heavy atom. The zero-order valence-electron chi connectivity index (χ0n) is 21.8. The number of benzene rings is 3. The first kappa shape index (κ1) is 25.5. The molecular formula is C29H31NO8. The standard InChI is InChI=1S/C29H31NO8/c1-33-20-8-5-18(6-9-20)27-26(29(31)32)21(19-7-10-22-23(13-19)38-16-37-22)15-30(27)14-17-11-24(34-2)28(36-4)25(12-17)35-3/h5-13,21,26-27H,14-16H2,1-4H3,(H,31,32)/t21-,26+,27-/m1/s1. The minimum absolute atomic E-state index is 0.160. The van der Waals surface area contributed by atoms with Crippen molar-refractivity contribution in [1.82, 2.24) is 4.90 Å². The summed E-state index contributed by atoms with van der Waals surface area (Å²) in [5.74, 6) is 1.77. The Labute approximate surface area is 221 Å². The van der Waals surface area contributed by atoms with Crippen molar-refractivity contribution >= 4 is 5.97 Å². The summed E-state index contributed by atoms with van der Waals surface area (Å²) in [5.41, 5.74) is 2.70. The van der Waals surface area contributed by atoms with Crippen molar-refractivity contribution in [2.24, 2.45) is 5.92 Å². The molecule has 0 aromatic heterocycles. The number of aliphatic carboxylic acids is 1. The van der Waals surface area contributed by atoms with E-state index < -0.39 is 17.9 Å². The summed E-state index contributed by atoms with van der Waals surface area (Å²) in [7, 11) is 6.32. The van der Waals surface area contributed by atoms with Crippen LogP contribution in [0.1, 0.15) is 28.7 Å². The van der Waals surface area contributed by atoms with Gasteiger partial charge in [0.05, 0.1) is 34.4 Å². The van der Waals surface area contributed by atoms with Gasteiger partial charge >= 0.3 is 5.97 Å². The monoisotopic (exact) mass is 521 g/mol. The Morgan fingerprint density at radius 3 is 2.13 bits per heavy atom. The van der Waals surface area contributed by atoms with Crippen molar-refractivity contribution in [2.75, 3.05) is 41.8 Å². The SMILES string of the molecule is COc1ccc([C@@H]2[C@@H](C(=O)O)[C@@H](c3ccc4c(c3)OCO4)CN2Cc2cc(OC)c(OC)c(OC)c2)cc1. The summed E-state index contributed by atoms with van der Waals surface area (Å²) >= 11 is 0. The van der Waals surface area contributed by atoms with E-state index in [0.717, 1.165) is 16.7 Å². The fraction of sp³-hybridized carbons (Fsp3) is 0.345. The van der Waals surface area contributed by atoms with Gasteiger partial charge in [-0.15, -0.1) is 0 Å². The van der Waals surface area contributed by atoms with Crippen LogP contribution in [-0.4, -0.2) is 57.8 Å². The van der Waals surface area contributed by atoms with E-state index in [4.69, 9.17) is 28.4 Å². The second-order valence-corrected chi connectivity index (χ2v) is 9.26. The number of carboxylic acid groups (broad SMARTS) is 1. The predicted molar refractivity (Wildman–Crippen MR) is 139 cm³/mol. The molecule has 3 aromatic rings. The number of rotatable bonds is 9. The minimum Gasteiger partial charge on any atom is -0.497 e. The Balaban J connectivity index is 1.57. The highest BCUT2D eigenvalue weighted by Gasteiger charge is 2.47. The second kappa shape index (κ2) is 10.7. The molecule has 38 heavy (non-hydrogen) atoms. The van der Waals surface area contributed by atoms with Crippen molar-refractivity contribution in [3.63, 3.8) is 0 Å². The normalized spacial score (nSPS) is 20.3. The van der Waals surface area contributed by atoms with E-state index >= 15 is 0 Å². The number of nitrogens with zero attached hydrogens (tertiary/aromatic N) is 1. The number of carbonyl (C=O) groups is 1. The third-order valence-electron chi connectivity index (χ3n) is 7.28. The van der Waals surface area contributed by atoms with Crippen LogP contribution in [0.15, 0.2) is 54.6 Å². The molecular weight excluding hydrogens is 490 g/mol. The Kier molecular flexibility index (Phi) is 7.20. The van der Waals surface area contributed by atoms with Gasteiger partial charge in [0.25, 0.3) is 0 Å². The lowest BCUT2D eigenvalue weighted by atomic mass is 9.82. The van der Waals surface area contributed by atoms with E-state index in [0.29, 0.717) is 47.6 Å². The van der Waals surface area contributed by atoms with Gasteiger partial charge in [-0.05, 0) is 53.1 Å². The molecule has 1 saturated heterocycles. The molecule has 0 radical (unpaired) electrons. The number of fused-ring (bicyclic) bond motifs is 1. The smallest absolute Gasteiger partial charge is 0.309 e. The largest absolute Gasteiger partial charge is 0.497 e. The fourth-order valence-electron chi connectivity index (χ4n) is 5.53. The Bertz CT molecular complexity index is 1280. The van der Waals surface area contributed by atoms with Gasteiger partial charge in [0, 0.05) is 25.0 Å². The van der Waals surface area contributed by atoms with E-state index in [1.54, 1.807) is 28.4 Å². The number of methoxy groups -OCH3 is 4. The Hall–Kier alpha value is -4.11. The lowest BCUT2D eigenvalue weighted by molar-refractivity contribution is -0.143. The fourth-order valence-corrected chi connectivity index (χ4v) is 5.53. The zero-order valence-corrected chi connectivity index (χ0v) is 21.8. The molecule has 0 amide bonds. The van der Waals surface area contributed by atoms with E-state index in [1.807, 2.05) is 54.6 Å². The van der Waals surface area contributed by atoms with Crippen molar-refractivity contribution in [2.45, 2.75) is 18.5 Å². The number of carboxylic acids is 1. The van der Waals surface area contributed by atoms with Crippen LogP contribution in [0.4, 0.5) is 0 Å². The molecule has 1 fully saturated rings. The average molecular weight is 522 g/mol. The van der Waals surface area contributed by atoms with Crippen molar-refractivity contribution in [3.05, 3.63) is 71.3 Å². The summed E-state index contributed by atoms with van der Waals surface area (Å²) in [5, 5.41) is 10.5. The van der Waals surface area contributed by atoms with E-state index in [2.05, 4.69) is 4.90 Å². The van der Waals surface area contributed by atoms with Gasteiger partial charge in [-0.2, -0.15) is 0 Å². The molecule has 0 aliphatic carbocycles. The summed E-state index contributed by atoms with van der Waals surface area (Å²) in [6.45, 7) is 1.15. The molecule has 2 aliphatic rings. The summed E-state index contributed by atoms with van der Waals surface area (Å²) in [6, 6.07) is 16.7. The van der Waals surface area contributed by atoms with Crippen LogP contribution in [0.2, 0.25) is 0 Å². The summed E-state index contributed by atoms with van der Waals surface area (Å²) in [4.78, 5) is 15.0. The van der Waals surface area contributed by atoms with E-state index in [9.17, 15) is 9.90 Å². The maximum atomic E-state index is 12.8. The van der Waals surface area contributed by atoms with Crippen molar-refractivity contribution < 1.29 is 38.3 Å². The molecule has 2 aliphatic heterocycles. The molecule has 3 aromatic carbocycles. The predicted octanol–water partition coefficient (Wildman–Crippen LogP) is 4.49. The quantitative estimate of drug-likeness (QED) is 0.437. The van der Waals surface area contributed by atoms with Crippen molar-refractivity contribution in [3.8, 4) is 34.5 Å². The van der Waals surface area contributed by atoms with Gasteiger partial charge < -0.3 is 33.5 Å². The molecule has 0 bridgehead atoms. The van der Waals surface area contributed by atoms with Crippen LogP contribution in [0, 0.1) is 5.92 Å². The minimum atomic E-state index is -0.860. The molecule has 3 atom stereocenters. The zero-order chi connectivity index (χ0) is 26.8. The topological polar surface area (TPSA) is 95.9 Å². The lowest BCUT2D eigenvalue weighted by Gasteiger charge is -2.28. The average Bonchev–Trinajstić information content (AvgIpc) is 3.56. The van der Waals surface area contributed by atoms with E-state index in [-0.39, 0.29) is 12.7 Å². The number of hydrogen-bond donors (Lipinski definition) is 1. The van der Waals surface area contributed by atoms with Gasteiger partial charge in [0.2, 0.25) is 12.5 Å². The molecule has 0 saturated carbocycles. The highest BCUT2D eigenvalue weighted by atomic mass is 16.7. The number of likely N-dealkylation sites (tertiary alicyclic amines) is 1. The highest BCUT2D eigenvalue weighted by Crippen LogP contribution is 2.49. The maximum absolute atomic E-state index is 12.8. The van der Waals surface area contributed by atoms with Crippen LogP contribution in [0.5, 0.6) is 34.5 Å². The molecule has 9 heteroatoms. The van der Waals surface area contributed by atoms with Gasteiger partial charge in [0.15, 0.2) is 23.0 Å². The molecule has 5 rings (SSSR count). The molecule has 9 nitrogen and oxygen atoms in total.